The Balaban J connectivity index is 2.52. The lowest BCUT2D eigenvalue weighted by Gasteiger charge is -2.13. The van der Waals surface area contributed by atoms with Crippen molar-refractivity contribution in [2.45, 2.75) is 41.2 Å². The van der Waals surface area contributed by atoms with Crippen molar-refractivity contribution in [2.75, 3.05) is 19.6 Å². The van der Waals surface area contributed by atoms with E-state index in [-0.39, 0.29) is 0 Å². The van der Waals surface area contributed by atoms with Gasteiger partial charge in [0.2, 0.25) is 0 Å². The van der Waals surface area contributed by atoms with E-state index in [9.17, 15) is 0 Å². The molecule has 1 aromatic heterocycles. The summed E-state index contributed by atoms with van der Waals surface area (Å²) in [5, 5.41) is 11.0. The Morgan fingerprint density at radius 2 is 1.95 bits per heavy atom. The average Bonchev–Trinajstić information content (AvgIpc) is 2.65. The van der Waals surface area contributed by atoms with Gasteiger partial charge in [0.25, 0.3) is 0 Å². The molecule has 0 aliphatic heterocycles. The number of hydrogen-bond acceptors (Lipinski definition) is 2. The van der Waals surface area contributed by atoms with Crippen LogP contribution in [-0.2, 0) is 6.54 Å². The summed E-state index contributed by atoms with van der Waals surface area (Å²) >= 11 is 0. The van der Waals surface area contributed by atoms with Crippen LogP contribution in [0.15, 0.2) is 11.1 Å². The number of guanidine groups is 1. The summed E-state index contributed by atoms with van der Waals surface area (Å²) in [5.41, 5.74) is 2.29. The first-order chi connectivity index (χ1) is 9.06. The first kappa shape index (κ1) is 15.5. The monoisotopic (exact) mass is 265 g/mol. The van der Waals surface area contributed by atoms with Gasteiger partial charge in [-0.15, -0.1) is 0 Å². The standard InChI is InChI=1S/C14H27N5/c1-6-15-14(16-7-2)17-9-11(3)10-19-13(5)8-12(4)18-19/h8,11H,6-7,9-10H2,1-5H3,(H2,15,16,17)/t11-/m1/s1. The molecule has 0 spiro atoms. The fourth-order valence-electron chi connectivity index (χ4n) is 1.97. The van der Waals surface area contributed by atoms with Crippen molar-refractivity contribution >= 4 is 5.96 Å². The molecule has 5 heteroatoms. The summed E-state index contributed by atoms with van der Waals surface area (Å²) in [7, 11) is 0. The summed E-state index contributed by atoms with van der Waals surface area (Å²) in [6, 6.07) is 2.11. The summed E-state index contributed by atoms with van der Waals surface area (Å²) in [6.45, 7) is 14.0. The Labute approximate surface area is 116 Å². The zero-order valence-corrected chi connectivity index (χ0v) is 12.8. The van der Waals surface area contributed by atoms with E-state index in [1.54, 1.807) is 0 Å². The fourth-order valence-corrected chi connectivity index (χ4v) is 1.97. The van der Waals surface area contributed by atoms with Gasteiger partial charge < -0.3 is 10.6 Å². The molecular weight excluding hydrogens is 238 g/mol. The number of rotatable bonds is 6. The van der Waals surface area contributed by atoms with Crippen LogP contribution < -0.4 is 10.6 Å². The Morgan fingerprint density at radius 1 is 1.32 bits per heavy atom. The Kier molecular flexibility index (Phi) is 6.39. The number of nitrogens with one attached hydrogen (secondary N) is 2. The quantitative estimate of drug-likeness (QED) is 0.608. The van der Waals surface area contributed by atoms with Crippen molar-refractivity contribution in [3.05, 3.63) is 17.5 Å². The normalized spacial score (nSPS) is 12.1. The average molecular weight is 265 g/mol. The zero-order valence-electron chi connectivity index (χ0n) is 12.8. The largest absolute Gasteiger partial charge is 0.357 e. The Morgan fingerprint density at radius 3 is 2.42 bits per heavy atom. The van der Waals surface area contributed by atoms with Gasteiger partial charge in [0.15, 0.2) is 5.96 Å². The molecule has 0 unspecified atom stereocenters. The van der Waals surface area contributed by atoms with Crippen molar-refractivity contribution in [2.24, 2.45) is 10.9 Å². The SMILES string of the molecule is CCNC(=NC[C@@H](C)Cn1nc(C)cc1C)NCC. The lowest BCUT2D eigenvalue weighted by atomic mass is 10.2. The number of aliphatic imine (C=N–C) groups is 1. The van der Waals surface area contributed by atoms with Gasteiger partial charge in [0.1, 0.15) is 0 Å². The molecule has 1 rings (SSSR count). The molecule has 1 aromatic rings. The number of nitrogens with zero attached hydrogens (tertiary/aromatic N) is 3. The third-order valence-electron chi connectivity index (χ3n) is 2.84. The minimum atomic E-state index is 0.463. The molecule has 1 heterocycles. The summed E-state index contributed by atoms with van der Waals surface area (Å²) in [6.07, 6.45) is 0. The molecule has 0 aromatic carbocycles. The molecule has 108 valence electrons. The number of aryl methyl sites for hydroxylation is 2. The van der Waals surface area contributed by atoms with Crippen LogP contribution in [0.1, 0.15) is 32.2 Å². The smallest absolute Gasteiger partial charge is 0.191 e. The van der Waals surface area contributed by atoms with Gasteiger partial charge in [0, 0.05) is 31.9 Å². The summed E-state index contributed by atoms with van der Waals surface area (Å²) in [4.78, 5) is 4.59. The van der Waals surface area contributed by atoms with Gasteiger partial charge in [-0.3, -0.25) is 9.67 Å². The Hall–Kier alpha value is -1.52. The van der Waals surface area contributed by atoms with Crippen LogP contribution >= 0.6 is 0 Å². The van der Waals surface area contributed by atoms with Crippen molar-refractivity contribution in [1.29, 1.82) is 0 Å². The first-order valence-electron chi connectivity index (χ1n) is 7.10. The molecule has 0 saturated heterocycles. The predicted molar refractivity (Wildman–Crippen MR) is 80.5 cm³/mol. The van der Waals surface area contributed by atoms with Crippen LogP contribution in [0.25, 0.3) is 0 Å². The van der Waals surface area contributed by atoms with Crippen molar-refractivity contribution in [3.8, 4) is 0 Å². The molecule has 5 nitrogen and oxygen atoms in total. The highest BCUT2D eigenvalue weighted by atomic mass is 15.3. The second-order valence-corrected chi connectivity index (χ2v) is 4.96. The van der Waals surface area contributed by atoms with Crippen molar-refractivity contribution < 1.29 is 0 Å². The zero-order chi connectivity index (χ0) is 14.3. The first-order valence-corrected chi connectivity index (χ1v) is 7.10. The second kappa shape index (κ2) is 7.81. The topological polar surface area (TPSA) is 54.2 Å². The van der Waals surface area contributed by atoms with E-state index in [0.29, 0.717) is 5.92 Å². The molecule has 2 N–H and O–H groups in total. The highest BCUT2D eigenvalue weighted by Crippen LogP contribution is 2.06. The molecular formula is C14H27N5. The van der Waals surface area contributed by atoms with Crippen LogP contribution in [0.2, 0.25) is 0 Å². The van der Waals surface area contributed by atoms with Crippen LogP contribution in [0, 0.1) is 19.8 Å². The third-order valence-corrected chi connectivity index (χ3v) is 2.84. The summed E-state index contributed by atoms with van der Waals surface area (Å²) in [5.74, 6) is 1.36. The van der Waals surface area contributed by atoms with Crippen LogP contribution in [0.5, 0.6) is 0 Å². The predicted octanol–water partition coefficient (Wildman–Crippen LogP) is 1.71. The highest BCUT2D eigenvalue weighted by molar-refractivity contribution is 5.79. The third kappa shape index (κ3) is 5.32. The van der Waals surface area contributed by atoms with E-state index >= 15 is 0 Å². The maximum atomic E-state index is 4.59. The molecule has 19 heavy (non-hydrogen) atoms. The van der Waals surface area contributed by atoms with E-state index in [1.165, 1.54) is 5.69 Å². The molecule has 0 amide bonds. The molecule has 0 saturated carbocycles. The van der Waals surface area contributed by atoms with E-state index in [0.717, 1.165) is 37.8 Å². The minimum absolute atomic E-state index is 0.463. The fraction of sp³-hybridized carbons (Fsp3) is 0.714. The number of aromatic nitrogens is 2. The molecule has 0 aliphatic rings. The van der Waals surface area contributed by atoms with E-state index < -0.39 is 0 Å². The maximum absolute atomic E-state index is 4.59. The molecule has 0 radical (unpaired) electrons. The van der Waals surface area contributed by atoms with Crippen LogP contribution in [0.3, 0.4) is 0 Å². The lowest BCUT2D eigenvalue weighted by molar-refractivity contribution is 0.450. The van der Waals surface area contributed by atoms with Gasteiger partial charge in [-0.1, -0.05) is 6.92 Å². The van der Waals surface area contributed by atoms with Crippen molar-refractivity contribution in [1.82, 2.24) is 20.4 Å². The highest BCUT2D eigenvalue weighted by Gasteiger charge is 2.07. The molecule has 0 aliphatic carbocycles. The van der Waals surface area contributed by atoms with Crippen LogP contribution in [-0.4, -0.2) is 35.4 Å². The lowest BCUT2D eigenvalue weighted by Crippen LogP contribution is -2.37. The van der Waals surface area contributed by atoms with Gasteiger partial charge in [0.05, 0.1) is 5.69 Å². The van der Waals surface area contributed by atoms with Gasteiger partial charge >= 0.3 is 0 Å². The molecule has 0 bridgehead atoms. The second-order valence-electron chi connectivity index (χ2n) is 4.96. The molecule has 0 fully saturated rings. The van der Waals surface area contributed by atoms with E-state index in [2.05, 4.69) is 59.2 Å². The van der Waals surface area contributed by atoms with Gasteiger partial charge in [-0.05, 0) is 39.7 Å². The van der Waals surface area contributed by atoms with Gasteiger partial charge in [-0.25, -0.2) is 0 Å². The minimum Gasteiger partial charge on any atom is -0.357 e. The van der Waals surface area contributed by atoms with Crippen LogP contribution in [0.4, 0.5) is 0 Å². The number of hydrogen-bond donors (Lipinski definition) is 2. The molecule has 1 atom stereocenters. The Bertz CT molecular complexity index is 400. The van der Waals surface area contributed by atoms with Crippen molar-refractivity contribution in [3.63, 3.8) is 0 Å². The van der Waals surface area contributed by atoms with E-state index in [4.69, 9.17) is 0 Å². The maximum Gasteiger partial charge on any atom is 0.191 e. The summed E-state index contributed by atoms with van der Waals surface area (Å²) < 4.78 is 2.07. The van der Waals surface area contributed by atoms with Gasteiger partial charge in [-0.2, -0.15) is 5.10 Å². The van der Waals surface area contributed by atoms with E-state index in [1.807, 2.05) is 6.92 Å².